The minimum atomic E-state index is -0.528. The third-order valence-electron chi connectivity index (χ3n) is 2.85. The van der Waals surface area contributed by atoms with Gasteiger partial charge in [-0.15, -0.1) is 0 Å². The summed E-state index contributed by atoms with van der Waals surface area (Å²) in [6, 6.07) is 4.74. The van der Waals surface area contributed by atoms with Crippen molar-refractivity contribution in [2.45, 2.75) is 6.92 Å². The van der Waals surface area contributed by atoms with Crippen molar-refractivity contribution >= 4 is 29.2 Å². The number of esters is 1. The Morgan fingerprint density at radius 3 is 2.60 bits per heavy atom. The molecule has 0 bridgehead atoms. The van der Waals surface area contributed by atoms with Gasteiger partial charge in [0, 0.05) is 11.4 Å². The number of carbonyl (C=O) groups is 3. The second kappa shape index (κ2) is 5.60. The average Bonchev–Trinajstić information content (AvgIpc) is 2.38. The van der Waals surface area contributed by atoms with Crippen molar-refractivity contribution in [2.75, 3.05) is 30.3 Å². The van der Waals surface area contributed by atoms with Crippen LogP contribution in [0.15, 0.2) is 18.2 Å². The van der Waals surface area contributed by atoms with Gasteiger partial charge >= 0.3 is 5.97 Å². The predicted molar refractivity (Wildman–Crippen MR) is 72.2 cm³/mol. The molecule has 3 N–H and O–H groups in total. The molecule has 0 radical (unpaired) electrons. The molecule has 20 heavy (non-hydrogen) atoms. The number of ether oxygens (including phenoxy) is 1. The van der Waals surface area contributed by atoms with Crippen LogP contribution in [0.4, 0.5) is 11.4 Å². The van der Waals surface area contributed by atoms with E-state index in [0.29, 0.717) is 11.4 Å². The van der Waals surface area contributed by atoms with E-state index in [0.717, 1.165) is 0 Å². The van der Waals surface area contributed by atoms with E-state index in [-0.39, 0.29) is 37.1 Å². The highest BCUT2D eigenvalue weighted by Gasteiger charge is 2.23. The highest BCUT2D eigenvalue weighted by Crippen LogP contribution is 2.22. The molecule has 7 heteroatoms. The molecule has 0 atom stereocenters. The van der Waals surface area contributed by atoms with Crippen LogP contribution in [-0.4, -0.2) is 37.5 Å². The van der Waals surface area contributed by atoms with Gasteiger partial charge in [-0.3, -0.25) is 14.9 Å². The van der Waals surface area contributed by atoms with Gasteiger partial charge in [-0.2, -0.15) is 0 Å². The largest absolute Gasteiger partial charge is 0.462 e. The Morgan fingerprint density at radius 2 is 2.00 bits per heavy atom. The van der Waals surface area contributed by atoms with Crippen LogP contribution in [0.1, 0.15) is 17.3 Å². The summed E-state index contributed by atoms with van der Waals surface area (Å²) in [7, 11) is 0. The number of nitrogen functional groups attached to an aromatic ring is 1. The Morgan fingerprint density at radius 1 is 1.35 bits per heavy atom. The van der Waals surface area contributed by atoms with Crippen molar-refractivity contribution < 1.29 is 19.1 Å². The fraction of sp³-hybridized carbons (Fsp3) is 0.308. The maximum Gasteiger partial charge on any atom is 0.340 e. The third-order valence-corrected chi connectivity index (χ3v) is 2.85. The zero-order valence-electron chi connectivity index (χ0n) is 11.0. The molecule has 1 aliphatic rings. The van der Waals surface area contributed by atoms with E-state index in [1.807, 2.05) is 0 Å². The maximum atomic E-state index is 11.8. The van der Waals surface area contributed by atoms with E-state index in [9.17, 15) is 14.4 Å². The summed E-state index contributed by atoms with van der Waals surface area (Å²) in [6.45, 7) is 2.05. The van der Waals surface area contributed by atoms with Crippen LogP contribution in [0.3, 0.4) is 0 Å². The molecule has 2 amide bonds. The van der Waals surface area contributed by atoms with Crippen molar-refractivity contribution in [3.63, 3.8) is 0 Å². The Bertz CT molecular complexity index is 555. The lowest BCUT2D eigenvalue weighted by atomic mass is 10.1. The van der Waals surface area contributed by atoms with Crippen molar-refractivity contribution in [3.05, 3.63) is 23.8 Å². The van der Waals surface area contributed by atoms with E-state index in [1.54, 1.807) is 24.0 Å². The molecule has 0 aliphatic carbocycles. The molecule has 1 saturated heterocycles. The van der Waals surface area contributed by atoms with Gasteiger partial charge in [0.05, 0.1) is 25.3 Å². The lowest BCUT2D eigenvalue weighted by molar-refractivity contribution is -0.130. The highest BCUT2D eigenvalue weighted by molar-refractivity contribution is 6.03. The molecule has 0 spiro atoms. The van der Waals surface area contributed by atoms with Crippen molar-refractivity contribution in [2.24, 2.45) is 0 Å². The first-order chi connectivity index (χ1) is 9.51. The number of rotatable bonds is 3. The summed E-state index contributed by atoms with van der Waals surface area (Å²) in [4.78, 5) is 36.0. The molecule has 1 aliphatic heterocycles. The molecule has 106 valence electrons. The van der Waals surface area contributed by atoms with Crippen molar-refractivity contribution in [3.8, 4) is 0 Å². The monoisotopic (exact) mass is 277 g/mol. The van der Waals surface area contributed by atoms with Crippen LogP contribution in [-0.2, 0) is 14.3 Å². The molecule has 0 aromatic heterocycles. The van der Waals surface area contributed by atoms with Gasteiger partial charge in [-0.25, -0.2) is 4.79 Å². The molecule has 7 nitrogen and oxygen atoms in total. The summed E-state index contributed by atoms with van der Waals surface area (Å²) < 4.78 is 4.91. The molecule has 1 aromatic rings. The Kier molecular flexibility index (Phi) is 3.88. The fourth-order valence-corrected chi connectivity index (χ4v) is 1.95. The molecule has 1 heterocycles. The number of hydrogen-bond acceptors (Lipinski definition) is 6. The predicted octanol–water partition coefficient (Wildman–Crippen LogP) is -0.0917. The number of piperazine rings is 1. The molecule has 1 fully saturated rings. The van der Waals surface area contributed by atoms with E-state index >= 15 is 0 Å². The Hall–Kier alpha value is -2.57. The number of imide groups is 1. The number of nitrogens with zero attached hydrogens (tertiary/aromatic N) is 1. The minimum Gasteiger partial charge on any atom is -0.462 e. The summed E-state index contributed by atoms with van der Waals surface area (Å²) >= 11 is 0. The van der Waals surface area contributed by atoms with Gasteiger partial charge in [0.25, 0.3) is 0 Å². The lowest BCUT2D eigenvalue weighted by Crippen LogP contribution is -2.51. The van der Waals surface area contributed by atoms with E-state index in [4.69, 9.17) is 10.5 Å². The summed E-state index contributed by atoms with van der Waals surface area (Å²) in [5.74, 6) is -1.29. The third kappa shape index (κ3) is 2.87. The number of anilines is 2. The second-order valence-electron chi connectivity index (χ2n) is 4.32. The number of nitrogens with one attached hydrogen (secondary N) is 1. The van der Waals surface area contributed by atoms with Gasteiger partial charge in [-0.05, 0) is 25.1 Å². The molecule has 0 saturated carbocycles. The van der Waals surface area contributed by atoms with E-state index in [2.05, 4.69) is 5.32 Å². The quantitative estimate of drug-likeness (QED) is 0.455. The van der Waals surface area contributed by atoms with Crippen LogP contribution in [0.25, 0.3) is 0 Å². The summed E-state index contributed by atoms with van der Waals surface area (Å²) in [5.41, 5.74) is 6.83. The van der Waals surface area contributed by atoms with E-state index in [1.165, 1.54) is 6.07 Å². The molecule has 1 aromatic carbocycles. The maximum absolute atomic E-state index is 11.8. The van der Waals surface area contributed by atoms with Gasteiger partial charge in [-0.1, -0.05) is 0 Å². The number of hydrogen-bond donors (Lipinski definition) is 2. The Labute approximate surface area is 115 Å². The number of nitrogens with two attached hydrogens (primary N) is 1. The number of benzene rings is 1. The highest BCUT2D eigenvalue weighted by atomic mass is 16.5. The van der Waals surface area contributed by atoms with Crippen LogP contribution in [0, 0.1) is 0 Å². The molecule has 2 rings (SSSR count). The minimum absolute atomic E-state index is 0.0535. The lowest BCUT2D eigenvalue weighted by Gasteiger charge is -2.27. The van der Waals surface area contributed by atoms with Gasteiger partial charge < -0.3 is 15.4 Å². The van der Waals surface area contributed by atoms with Crippen molar-refractivity contribution in [1.29, 1.82) is 0 Å². The zero-order chi connectivity index (χ0) is 14.7. The van der Waals surface area contributed by atoms with Gasteiger partial charge in [0.15, 0.2) is 0 Å². The average molecular weight is 277 g/mol. The van der Waals surface area contributed by atoms with E-state index < -0.39 is 5.97 Å². The zero-order valence-corrected chi connectivity index (χ0v) is 11.0. The van der Waals surface area contributed by atoms with Crippen LogP contribution in [0.2, 0.25) is 0 Å². The number of carbonyl (C=O) groups excluding carboxylic acids is 3. The standard InChI is InChI=1S/C13H15N3O4/c1-2-20-13(19)9-5-8(3-4-10(9)14)16-6-11(17)15-12(18)7-16/h3-5H,2,6-7,14H2,1H3,(H,15,17,18). The molecular formula is C13H15N3O4. The topological polar surface area (TPSA) is 102 Å². The summed E-state index contributed by atoms with van der Waals surface area (Å²) in [6.07, 6.45) is 0. The summed E-state index contributed by atoms with van der Waals surface area (Å²) in [5, 5.41) is 2.21. The smallest absolute Gasteiger partial charge is 0.340 e. The molecular weight excluding hydrogens is 262 g/mol. The fourth-order valence-electron chi connectivity index (χ4n) is 1.95. The first kappa shape index (κ1) is 13.9. The normalized spacial score (nSPS) is 14.9. The van der Waals surface area contributed by atoms with Gasteiger partial charge in [0.2, 0.25) is 11.8 Å². The van der Waals surface area contributed by atoms with Crippen molar-refractivity contribution in [1.82, 2.24) is 5.32 Å². The SMILES string of the molecule is CCOC(=O)c1cc(N2CC(=O)NC(=O)C2)ccc1N. The first-order valence-corrected chi connectivity index (χ1v) is 6.15. The second-order valence-corrected chi connectivity index (χ2v) is 4.32. The Balaban J connectivity index is 2.29. The van der Waals surface area contributed by atoms with Gasteiger partial charge in [0.1, 0.15) is 0 Å². The van der Waals surface area contributed by atoms with Crippen LogP contribution in [0.5, 0.6) is 0 Å². The molecule has 0 unspecified atom stereocenters. The van der Waals surface area contributed by atoms with Crippen LogP contribution < -0.4 is 16.0 Å². The number of amides is 2. The van der Waals surface area contributed by atoms with Crippen LogP contribution >= 0.6 is 0 Å². The first-order valence-electron chi connectivity index (χ1n) is 6.15.